The second kappa shape index (κ2) is 6.37. The molecule has 1 aliphatic carbocycles. The fraction of sp³-hybridized carbons (Fsp3) is 0.857. The Morgan fingerprint density at radius 2 is 1.74 bits per heavy atom. The van der Waals surface area contributed by atoms with Gasteiger partial charge in [0.05, 0.1) is 0 Å². The summed E-state index contributed by atoms with van der Waals surface area (Å²) in [4.78, 5) is 25.5. The predicted octanol–water partition coefficient (Wildman–Crippen LogP) is 0.760. The van der Waals surface area contributed by atoms with E-state index in [2.05, 4.69) is 0 Å². The number of likely N-dealkylation sites (tertiary alicyclic amines) is 1. The van der Waals surface area contributed by atoms with E-state index in [-0.39, 0.29) is 23.8 Å². The number of carbonyl (C=O) groups excluding carboxylic acids is 2. The van der Waals surface area contributed by atoms with Crippen LogP contribution in [0, 0.1) is 5.92 Å². The highest BCUT2D eigenvalue weighted by atomic mass is 16.2. The zero-order chi connectivity index (χ0) is 13.8. The van der Waals surface area contributed by atoms with Crippen LogP contribution in [0.1, 0.15) is 51.4 Å². The molecule has 108 valence electrons. The van der Waals surface area contributed by atoms with Crippen molar-refractivity contribution in [1.82, 2.24) is 4.90 Å². The van der Waals surface area contributed by atoms with Crippen molar-refractivity contribution >= 4 is 11.8 Å². The molecule has 1 saturated carbocycles. The van der Waals surface area contributed by atoms with Crippen LogP contribution in [0.15, 0.2) is 0 Å². The van der Waals surface area contributed by atoms with E-state index in [9.17, 15) is 9.59 Å². The van der Waals surface area contributed by atoms with E-state index in [1.807, 2.05) is 0 Å². The van der Waals surface area contributed by atoms with E-state index in [1.54, 1.807) is 4.90 Å². The first-order chi connectivity index (χ1) is 9.09. The fourth-order valence-electron chi connectivity index (χ4n) is 3.36. The van der Waals surface area contributed by atoms with Gasteiger partial charge in [0.2, 0.25) is 11.8 Å². The summed E-state index contributed by atoms with van der Waals surface area (Å²) in [7, 11) is 0. The maximum absolute atomic E-state index is 12.4. The average molecular weight is 267 g/mol. The van der Waals surface area contributed by atoms with Crippen molar-refractivity contribution in [2.45, 2.75) is 63.5 Å². The van der Waals surface area contributed by atoms with Gasteiger partial charge in [0.1, 0.15) is 6.04 Å². The maximum atomic E-state index is 12.4. The fourth-order valence-corrected chi connectivity index (χ4v) is 3.36. The molecule has 1 saturated heterocycles. The van der Waals surface area contributed by atoms with Gasteiger partial charge in [-0.1, -0.05) is 12.8 Å². The first-order valence-corrected chi connectivity index (χ1v) is 7.44. The van der Waals surface area contributed by atoms with Crippen LogP contribution in [0.4, 0.5) is 0 Å². The third-order valence-corrected chi connectivity index (χ3v) is 4.56. The Labute approximate surface area is 114 Å². The zero-order valence-corrected chi connectivity index (χ0v) is 11.5. The number of primary amides is 1. The molecular formula is C14H25N3O2. The summed E-state index contributed by atoms with van der Waals surface area (Å²) in [6.45, 7) is 0.661. The predicted molar refractivity (Wildman–Crippen MR) is 73.1 cm³/mol. The Morgan fingerprint density at radius 3 is 2.42 bits per heavy atom. The van der Waals surface area contributed by atoms with Crippen molar-refractivity contribution in [3.05, 3.63) is 0 Å². The standard InChI is InChI=1S/C14H25N3O2/c15-11-6-2-1-5-10(11)9-13(18)17-8-4-3-7-12(17)14(16)19/h10-12H,1-9,15H2,(H2,16,19). The third-order valence-electron chi connectivity index (χ3n) is 4.56. The minimum Gasteiger partial charge on any atom is -0.368 e. The van der Waals surface area contributed by atoms with Crippen LogP contribution in [-0.4, -0.2) is 35.3 Å². The van der Waals surface area contributed by atoms with Crippen molar-refractivity contribution < 1.29 is 9.59 Å². The Hall–Kier alpha value is -1.10. The Morgan fingerprint density at radius 1 is 1.05 bits per heavy atom. The van der Waals surface area contributed by atoms with Gasteiger partial charge in [0.25, 0.3) is 0 Å². The first-order valence-electron chi connectivity index (χ1n) is 7.44. The molecule has 5 heteroatoms. The number of hydrogen-bond acceptors (Lipinski definition) is 3. The summed E-state index contributed by atoms with van der Waals surface area (Å²) in [5.41, 5.74) is 11.5. The SMILES string of the molecule is NC(=O)C1CCCCN1C(=O)CC1CCCCC1N. The lowest BCUT2D eigenvalue weighted by atomic mass is 9.82. The van der Waals surface area contributed by atoms with E-state index in [1.165, 1.54) is 6.42 Å². The summed E-state index contributed by atoms with van der Waals surface area (Å²) < 4.78 is 0. The summed E-state index contributed by atoms with van der Waals surface area (Å²) in [6, 6.07) is -0.268. The molecule has 2 fully saturated rings. The maximum Gasteiger partial charge on any atom is 0.240 e. The van der Waals surface area contributed by atoms with Crippen LogP contribution >= 0.6 is 0 Å². The molecule has 3 unspecified atom stereocenters. The van der Waals surface area contributed by atoms with Crippen molar-refractivity contribution in [3.8, 4) is 0 Å². The Balaban J connectivity index is 1.95. The third kappa shape index (κ3) is 3.47. The van der Waals surface area contributed by atoms with Crippen LogP contribution in [0.5, 0.6) is 0 Å². The van der Waals surface area contributed by atoms with Crippen molar-refractivity contribution in [1.29, 1.82) is 0 Å². The van der Waals surface area contributed by atoms with Gasteiger partial charge in [0, 0.05) is 19.0 Å². The summed E-state index contributed by atoms with van der Waals surface area (Å²) >= 11 is 0. The lowest BCUT2D eigenvalue weighted by molar-refractivity contribution is -0.142. The summed E-state index contributed by atoms with van der Waals surface area (Å²) in [6.07, 6.45) is 7.48. The molecule has 0 bridgehead atoms. The molecule has 3 atom stereocenters. The molecule has 1 heterocycles. The quantitative estimate of drug-likeness (QED) is 0.791. The number of carbonyl (C=O) groups is 2. The molecule has 5 nitrogen and oxygen atoms in total. The molecule has 2 amide bonds. The molecule has 0 aromatic rings. The lowest BCUT2D eigenvalue weighted by Crippen LogP contribution is -2.51. The summed E-state index contributed by atoms with van der Waals surface area (Å²) in [5, 5.41) is 0. The largest absolute Gasteiger partial charge is 0.368 e. The van der Waals surface area contributed by atoms with Crippen LogP contribution in [0.3, 0.4) is 0 Å². The number of rotatable bonds is 3. The highest BCUT2D eigenvalue weighted by Crippen LogP contribution is 2.27. The molecule has 1 aliphatic heterocycles. The van der Waals surface area contributed by atoms with Gasteiger partial charge in [-0.3, -0.25) is 9.59 Å². The van der Waals surface area contributed by atoms with Crippen molar-refractivity contribution in [2.24, 2.45) is 17.4 Å². The number of hydrogen-bond donors (Lipinski definition) is 2. The molecule has 0 aromatic heterocycles. The van der Waals surface area contributed by atoms with Gasteiger partial charge < -0.3 is 16.4 Å². The van der Waals surface area contributed by atoms with Gasteiger partial charge >= 0.3 is 0 Å². The van der Waals surface area contributed by atoms with Crippen molar-refractivity contribution in [2.75, 3.05) is 6.54 Å². The minimum atomic E-state index is -0.402. The molecule has 19 heavy (non-hydrogen) atoms. The number of piperidine rings is 1. The Bertz CT molecular complexity index is 346. The number of amides is 2. The lowest BCUT2D eigenvalue weighted by Gasteiger charge is -2.36. The second-order valence-corrected chi connectivity index (χ2v) is 5.91. The first kappa shape index (κ1) is 14.3. The topological polar surface area (TPSA) is 89.4 Å². The monoisotopic (exact) mass is 267 g/mol. The molecule has 2 rings (SSSR count). The van der Waals surface area contributed by atoms with Gasteiger partial charge in [-0.2, -0.15) is 0 Å². The highest BCUT2D eigenvalue weighted by Gasteiger charge is 2.33. The van der Waals surface area contributed by atoms with Crippen LogP contribution in [0.25, 0.3) is 0 Å². The average Bonchev–Trinajstić information content (AvgIpc) is 2.41. The minimum absolute atomic E-state index is 0.0610. The van der Waals surface area contributed by atoms with Gasteiger partial charge in [-0.15, -0.1) is 0 Å². The van der Waals surface area contributed by atoms with E-state index in [4.69, 9.17) is 11.5 Å². The highest BCUT2D eigenvalue weighted by molar-refractivity contribution is 5.86. The molecule has 0 radical (unpaired) electrons. The number of nitrogens with zero attached hydrogens (tertiary/aromatic N) is 1. The van der Waals surface area contributed by atoms with E-state index in [0.29, 0.717) is 19.4 Å². The van der Waals surface area contributed by atoms with Crippen LogP contribution in [-0.2, 0) is 9.59 Å². The second-order valence-electron chi connectivity index (χ2n) is 5.91. The van der Waals surface area contributed by atoms with Gasteiger partial charge in [0.15, 0.2) is 0 Å². The normalized spacial score (nSPS) is 32.1. The smallest absolute Gasteiger partial charge is 0.240 e. The van der Waals surface area contributed by atoms with Gasteiger partial charge in [-0.05, 0) is 38.0 Å². The van der Waals surface area contributed by atoms with E-state index >= 15 is 0 Å². The van der Waals surface area contributed by atoms with Gasteiger partial charge in [-0.25, -0.2) is 0 Å². The van der Waals surface area contributed by atoms with Crippen molar-refractivity contribution in [3.63, 3.8) is 0 Å². The molecule has 0 aromatic carbocycles. The zero-order valence-electron chi connectivity index (χ0n) is 11.5. The molecule has 4 N–H and O–H groups in total. The molecular weight excluding hydrogens is 242 g/mol. The van der Waals surface area contributed by atoms with Crippen LogP contribution in [0.2, 0.25) is 0 Å². The van der Waals surface area contributed by atoms with E-state index in [0.717, 1.165) is 32.1 Å². The summed E-state index contributed by atoms with van der Waals surface area (Å²) in [5.74, 6) is -0.0384. The number of nitrogens with two attached hydrogens (primary N) is 2. The van der Waals surface area contributed by atoms with E-state index < -0.39 is 6.04 Å². The van der Waals surface area contributed by atoms with Crippen LogP contribution < -0.4 is 11.5 Å². The molecule has 2 aliphatic rings. The Kier molecular flexibility index (Phi) is 4.80. The molecule has 0 spiro atoms.